The Morgan fingerprint density at radius 3 is 2.96 bits per heavy atom. The van der Waals surface area contributed by atoms with Gasteiger partial charge in [0.1, 0.15) is 18.0 Å². The standard InChI is InChI=1S/C19H17FN2O3/c1-2-16(23)7-6-12-8-14(11-21-10-12)17-18(25-19(24)22-17)13-4-3-5-15(20)9-13/h3-5,8-11,16-18,23H,2H2,1H3,(H,22,24)/t16?,17-,18-/m1/s1. The lowest BCUT2D eigenvalue weighted by Gasteiger charge is -2.17. The number of carbonyl (C=O) groups is 1. The van der Waals surface area contributed by atoms with E-state index in [-0.39, 0.29) is 0 Å². The molecule has 5 nitrogen and oxygen atoms in total. The van der Waals surface area contributed by atoms with E-state index in [9.17, 15) is 14.3 Å². The third-order valence-electron chi connectivity index (χ3n) is 3.88. The number of amides is 1. The molecule has 1 aliphatic rings. The number of alkyl carbamates (subject to hydrolysis) is 1. The average molecular weight is 340 g/mol. The Hall–Kier alpha value is -2.91. The van der Waals surface area contributed by atoms with Crippen molar-refractivity contribution >= 4 is 6.09 Å². The molecule has 25 heavy (non-hydrogen) atoms. The summed E-state index contributed by atoms with van der Waals surface area (Å²) >= 11 is 0. The highest BCUT2D eigenvalue weighted by Crippen LogP contribution is 2.36. The molecule has 0 spiro atoms. The van der Waals surface area contributed by atoms with Crippen LogP contribution in [-0.2, 0) is 4.74 Å². The van der Waals surface area contributed by atoms with Crippen LogP contribution in [0.25, 0.3) is 0 Å². The Bertz CT molecular complexity index is 844. The van der Waals surface area contributed by atoms with Gasteiger partial charge in [-0.3, -0.25) is 4.98 Å². The van der Waals surface area contributed by atoms with E-state index in [4.69, 9.17) is 4.74 Å². The van der Waals surface area contributed by atoms with E-state index < -0.39 is 30.2 Å². The van der Waals surface area contributed by atoms with Gasteiger partial charge in [-0.05, 0) is 35.7 Å². The first kappa shape index (κ1) is 16.9. The Morgan fingerprint density at radius 2 is 2.20 bits per heavy atom. The number of carbonyl (C=O) groups excluding carboxylic acids is 1. The minimum Gasteiger partial charge on any atom is -0.439 e. The summed E-state index contributed by atoms with van der Waals surface area (Å²) in [6.07, 6.45) is 1.79. The van der Waals surface area contributed by atoms with Crippen LogP contribution in [0.3, 0.4) is 0 Å². The summed E-state index contributed by atoms with van der Waals surface area (Å²) < 4.78 is 18.8. The fourth-order valence-electron chi connectivity index (χ4n) is 2.59. The molecule has 0 saturated carbocycles. The van der Waals surface area contributed by atoms with Crippen LogP contribution < -0.4 is 5.32 Å². The van der Waals surface area contributed by atoms with Crippen molar-refractivity contribution in [2.24, 2.45) is 0 Å². The number of hydrogen-bond donors (Lipinski definition) is 2. The Balaban J connectivity index is 1.91. The number of cyclic esters (lactones) is 1. The minimum absolute atomic E-state index is 0.398. The molecule has 3 rings (SSSR count). The van der Waals surface area contributed by atoms with E-state index in [2.05, 4.69) is 22.1 Å². The van der Waals surface area contributed by atoms with Crippen molar-refractivity contribution in [2.75, 3.05) is 0 Å². The zero-order valence-electron chi connectivity index (χ0n) is 13.6. The highest BCUT2D eigenvalue weighted by Gasteiger charge is 2.36. The maximum absolute atomic E-state index is 13.5. The Morgan fingerprint density at radius 1 is 1.36 bits per heavy atom. The van der Waals surface area contributed by atoms with E-state index in [1.54, 1.807) is 30.6 Å². The highest BCUT2D eigenvalue weighted by atomic mass is 19.1. The maximum atomic E-state index is 13.5. The Kier molecular flexibility index (Phi) is 4.96. The lowest BCUT2D eigenvalue weighted by Crippen LogP contribution is -2.19. The second-order valence-electron chi connectivity index (χ2n) is 5.70. The molecule has 6 heteroatoms. The Labute approximate surface area is 144 Å². The van der Waals surface area contributed by atoms with E-state index in [1.807, 2.05) is 6.92 Å². The van der Waals surface area contributed by atoms with Gasteiger partial charge in [-0.25, -0.2) is 9.18 Å². The molecule has 128 valence electrons. The van der Waals surface area contributed by atoms with E-state index in [0.717, 1.165) is 0 Å². The van der Waals surface area contributed by atoms with Crippen LogP contribution in [0.2, 0.25) is 0 Å². The summed E-state index contributed by atoms with van der Waals surface area (Å²) in [5, 5.41) is 12.3. The summed E-state index contributed by atoms with van der Waals surface area (Å²) in [6, 6.07) is 7.22. The number of nitrogens with one attached hydrogen (secondary N) is 1. The SMILES string of the molecule is CCC(O)C#Cc1cncc([C@H]2NC(=O)O[C@@H]2c2cccc(F)c2)c1. The molecule has 0 radical (unpaired) electrons. The number of aromatic nitrogens is 1. The first-order valence-corrected chi connectivity index (χ1v) is 7.94. The third kappa shape index (κ3) is 3.95. The normalized spacial score (nSPS) is 20.2. The summed E-state index contributed by atoms with van der Waals surface area (Å²) in [7, 11) is 0. The number of aliphatic hydroxyl groups is 1. The predicted octanol–water partition coefficient (Wildman–Crippen LogP) is 2.87. The number of hydrogen-bond acceptors (Lipinski definition) is 4. The molecule has 3 atom stereocenters. The number of nitrogens with zero attached hydrogens (tertiary/aromatic N) is 1. The van der Waals surface area contributed by atoms with Gasteiger partial charge in [-0.15, -0.1) is 0 Å². The monoisotopic (exact) mass is 340 g/mol. The van der Waals surface area contributed by atoms with Crippen molar-refractivity contribution in [2.45, 2.75) is 31.6 Å². The van der Waals surface area contributed by atoms with Crippen molar-refractivity contribution in [3.8, 4) is 11.8 Å². The highest BCUT2D eigenvalue weighted by molar-refractivity contribution is 5.71. The average Bonchev–Trinajstić information content (AvgIpc) is 3.02. The molecular weight excluding hydrogens is 323 g/mol. The second-order valence-corrected chi connectivity index (χ2v) is 5.70. The van der Waals surface area contributed by atoms with Crippen molar-refractivity contribution < 1.29 is 19.0 Å². The molecule has 2 aromatic rings. The molecule has 1 aromatic heterocycles. The van der Waals surface area contributed by atoms with Gasteiger partial charge in [-0.2, -0.15) is 0 Å². The van der Waals surface area contributed by atoms with Crippen molar-refractivity contribution in [3.05, 3.63) is 65.2 Å². The number of pyridine rings is 1. The summed E-state index contributed by atoms with van der Waals surface area (Å²) in [5.41, 5.74) is 1.86. The van der Waals surface area contributed by atoms with Crippen molar-refractivity contribution in [1.82, 2.24) is 10.3 Å². The van der Waals surface area contributed by atoms with E-state index in [1.165, 1.54) is 12.1 Å². The van der Waals surface area contributed by atoms with Crippen LogP contribution in [-0.4, -0.2) is 22.3 Å². The van der Waals surface area contributed by atoms with Crippen molar-refractivity contribution in [1.29, 1.82) is 0 Å². The van der Waals surface area contributed by atoms with Gasteiger partial charge in [0.25, 0.3) is 0 Å². The molecule has 0 bridgehead atoms. The van der Waals surface area contributed by atoms with Gasteiger partial charge < -0.3 is 15.2 Å². The number of rotatable bonds is 3. The molecule has 1 amide bonds. The van der Waals surface area contributed by atoms with Gasteiger partial charge in [0, 0.05) is 18.0 Å². The molecule has 1 fully saturated rings. The van der Waals surface area contributed by atoms with Gasteiger partial charge in [0.05, 0.1) is 0 Å². The predicted molar refractivity (Wildman–Crippen MR) is 88.9 cm³/mol. The minimum atomic E-state index is -0.696. The van der Waals surface area contributed by atoms with Gasteiger partial charge >= 0.3 is 6.09 Å². The molecule has 1 unspecified atom stereocenters. The second kappa shape index (κ2) is 7.32. The van der Waals surface area contributed by atoms with Gasteiger partial charge in [0.2, 0.25) is 0 Å². The third-order valence-corrected chi connectivity index (χ3v) is 3.88. The lowest BCUT2D eigenvalue weighted by molar-refractivity contribution is 0.132. The first-order chi connectivity index (χ1) is 12.1. The first-order valence-electron chi connectivity index (χ1n) is 7.94. The number of benzene rings is 1. The molecule has 1 aromatic carbocycles. The zero-order valence-corrected chi connectivity index (χ0v) is 13.6. The number of aliphatic hydroxyl groups excluding tert-OH is 1. The topological polar surface area (TPSA) is 71.5 Å². The van der Waals surface area contributed by atoms with Gasteiger partial charge in [-0.1, -0.05) is 30.9 Å². The molecular formula is C19H17FN2O3. The molecule has 1 aliphatic heterocycles. The van der Waals surface area contributed by atoms with Crippen LogP contribution >= 0.6 is 0 Å². The number of halogens is 1. The maximum Gasteiger partial charge on any atom is 0.408 e. The van der Waals surface area contributed by atoms with Crippen LogP contribution in [0, 0.1) is 17.7 Å². The lowest BCUT2D eigenvalue weighted by atomic mass is 9.97. The van der Waals surface area contributed by atoms with Crippen LogP contribution in [0.15, 0.2) is 42.7 Å². The fraction of sp³-hybridized carbons (Fsp3) is 0.263. The molecule has 1 saturated heterocycles. The zero-order chi connectivity index (χ0) is 17.8. The quantitative estimate of drug-likeness (QED) is 0.843. The smallest absolute Gasteiger partial charge is 0.408 e. The summed E-state index contributed by atoms with van der Waals surface area (Å²) in [5.74, 6) is 5.18. The van der Waals surface area contributed by atoms with Crippen LogP contribution in [0.1, 0.15) is 42.2 Å². The van der Waals surface area contributed by atoms with Crippen LogP contribution in [0.5, 0.6) is 0 Å². The van der Waals surface area contributed by atoms with Gasteiger partial charge in [0.15, 0.2) is 6.10 Å². The molecule has 2 N–H and O–H groups in total. The molecule has 2 heterocycles. The van der Waals surface area contributed by atoms with Crippen molar-refractivity contribution in [3.63, 3.8) is 0 Å². The molecule has 0 aliphatic carbocycles. The van der Waals surface area contributed by atoms with E-state index >= 15 is 0 Å². The summed E-state index contributed by atoms with van der Waals surface area (Å²) in [4.78, 5) is 15.9. The largest absolute Gasteiger partial charge is 0.439 e. The summed E-state index contributed by atoms with van der Waals surface area (Å²) in [6.45, 7) is 1.84. The van der Waals surface area contributed by atoms with E-state index in [0.29, 0.717) is 23.1 Å². The number of ether oxygens (including phenoxy) is 1. The van der Waals surface area contributed by atoms with Crippen LogP contribution in [0.4, 0.5) is 9.18 Å². The fourth-order valence-corrected chi connectivity index (χ4v) is 2.59.